The number of amides is 1. The molecule has 1 fully saturated rings. The fourth-order valence-corrected chi connectivity index (χ4v) is 2.67. The molecule has 2 atom stereocenters. The number of hydrogen-bond acceptors (Lipinski definition) is 4. The molecule has 6 nitrogen and oxygen atoms in total. The highest BCUT2D eigenvalue weighted by molar-refractivity contribution is 6.30. The quantitative estimate of drug-likeness (QED) is 0.928. The third kappa shape index (κ3) is 3.39. The molecule has 1 N–H and O–H groups in total. The van der Waals surface area contributed by atoms with Crippen LogP contribution in [0.25, 0.3) is 5.69 Å². The van der Waals surface area contributed by atoms with Crippen molar-refractivity contribution >= 4 is 17.5 Å². The van der Waals surface area contributed by atoms with Crippen LogP contribution in [0.4, 0.5) is 0 Å². The first-order valence-corrected chi connectivity index (χ1v) is 7.80. The number of carbonyl (C=O) groups excluding carboxylic acids is 1. The maximum atomic E-state index is 12.7. The van der Waals surface area contributed by atoms with E-state index in [4.69, 9.17) is 16.3 Å². The Bertz CT molecular complexity index is 686. The van der Waals surface area contributed by atoms with E-state index in [-0.39, 0.29) is 24.7 Å². The highest BCUT2D eigenvalue weighted by Gasteiger charge is 2.30. The second-order valence-electron chi connectivity index (χ2n) is 5.59. The molecule has 1 aromatic heterocycles. The van der Waals surface area contributed by atoms with E-state index in [0.717, 1.165) is 5.69 Å². The number of rotatable bonds is 3. The van der Waals surface area contributed by atoms with Crippen molar-refractivity contribution in [1.29, 1.82) is 0 Å². The van der Waals surface area contributed by atoms with Gasteiger partial charge in [-0.15, -0.1) is 0 Å². The second kappa shape index (κ2) is 6.70. The number of benzene rings is 1. The molecule has 122 valence electrons. The number of hydrogen-bond donors (Lipinski definition) is 1. The van der Waals surface area contributed by atoms with Crippen LogP contribution in [0.5, 0.6) is 0 Å². The predicted octanol–water partition coefficient (Wildman–Crippen LogP) is 1.75. The minimum Gasteiger partial charge on any atom is -0.394 e. The van der Waals surface area contributed by atoms with Crippen molar-refractivity contribution in [2.45, 2.75) is 19.1 Å². The monoisotopic (exact) mass is 335 g/mol. The fourth-order valence-electron chi connectivity index (χ4n) is 2.54. The third-order valence-corrected chi connectivity index (χ3v) is 4.14. The summed E-state index contributed by atoms with van der Waals surface area (Å²) in [7, 11) is 0. The maximum absolute atomic E-state index is 12.7. The van der Waals surface area contributed by atoms with Gasteiger partial charge in [-0.25, -0.2) is 4.68 Å². The Morgan fingerprint density at radius 1 is 1.43 bits per heavy atom. The summed E-state index contributed by atoms with van der Waals surface area (Å²) in [6.07, 6.45) is 2.91. The molecule has 3 rings (SSSR count). The number of aliphatic hydroxyl groups is 1. The van der Waals surface area contributed by atoms with Gasteiger partial charge in [0.15, 0.2) is 0 Å². The molecule has 0 bridgehead atoms. The lowest BCUT2D eigenvalue weighted by atomic mass is 10.1. The average molecular weight is 336 g/mol. The molecule has 1 amide bonds. The van der Waals surface area contributed by atoms with Gasteiger partial charge < -0.3 is 14.7 Å². The topological polar surface area (TPSA) is 67.6 Å². The van der Waals surface area contributed by atoms with Gasteiger partial charge in [-0.05, 0) is 31.2 Å². The van der Waals surface area contributed by atoms with Gasteiger partial charge in [0.25, 0.3) is 5.91 Å². The van der Waals surface area contributed by atoms with Crippen molar-refractivity contribution in [1.82, 2.24) is 14.7 Å². The van der Waals surface area contributed by atoms with Crippen LogP contribution in [0.3, 0.4) is 0 Å². The van der Waals surface area contributed by atoms with Crippen molar-refractivity contribution < 1.29 is 14.6 Å². The number of morpholine rings is 1. The van der Waals surface area contributed by atoms with Crippen LogP contribution in [0, 0.1) is 0 Å². The number of aromatic nitrogens is 2. The highest BCUT2D eigenvalue weighted by atomic mass is 35.5. The van der Waals surface area contributed by atoms with Crippen LogP contribution in [-0.2, 0) is 4.74 Å². The summed E-state index contributed by atoms with van der Waals surface area (Å²) in [6.45, 7) is 2.63. The minimum atomic E-state index is -0.332. The number of carbonyl (C=O) groups is 1. The van der Waals surface area contributed by atoms with Crippen molar-refractivity contribution in [2.24, 2.45) is 0 Å². The zero-order chi connectivity index (χ0) is 16.4. The van der Waals surface area contributed by atoms with Crippen molar-refractivity contribution in [3.8, 4) is 5.69 Å². The van der Waals surface area contributed by atoms with Crippen LogP contribution in [0.2, 0.25) is 5.02 Å². The maximum Gasteiger partial charge on any atom is 0.257 e. The molecule has 2 heterocycles. The summed E-state index contributed by atoms with van der Waals surface area (Å²) < 4.78 is 7.10. The van der Waals surface area contributed by atoms with Crippen LogP contribution in [-0.4, -0.2) is 57.6 Å². The van der Waals surface area contributed by atoms with Crippen molar-refractivity contribution in [3.05, 3.63) is 47.2 Å². The molecule has 1 aliphatic rings. The number of nitrogens with zero attached hydrogens (tertiary/aromatic N) is 3. The van der Waals surface area contributed by atoms with E-state index < -0.39 is 0 Å². The Morgan fingerprint density at radius 3 is 2.87 bits per heavy atom. The molecule has 0 saturated carbocycles. The number of halogens is 1. The van der Waals surface area contributed by atoms with Gasteiger partial charge in [-0.2, -0.15) is 5.10 Å². The summed E-state index contributed by atoms with van der Waals surface area (Å²) in [5, 5.41) is 14.1. The van der Waals surface area contributed by atoms with E-state index in [0.29, 0.717) is 23.7 Å². The third-order valence-electron chi connectivity index (χ3n) is 3.89. The summed E-state index contributed by atoms with van der Waals surface area (Å²) in [5.74, 6) is -0.112. The molecule has 2 aromatic rings. The summed E-state index contributed by atoms with van der Waals surface area (Å²) in [6, 6.07) is 7.18. The first-order valence-electron chi connectivity index (χ1n) is 7.42. The summed E-state index contributed by atoms with van der Waals surface area (Å²) >= 11 is 5.88. The molecule has 23 heavy (non-hydrogen) atoms. The molecule has 0 aliphatic carbocycles. The summed E-state index contributed by atoms with van der Waals surface area (Å²) in [5.41, 5.74) is 1.34. The van der Waals surface area contributed by atoms with E-state index in [1.54, 1.807) is 34.1 Å². The van der Waals surface area contributed by atoms with Gasteiger partial charge in [-0.3, -0.25) is 4.79 Å². The van der Waals surface area contributed by atoms with E-state index in [9.17, 15) is 9.90 Å². The van der Waals surface area contributed by atoms with Gasteiger partial charge in [0, 0.05) is 17.8 Å². The lowest BCUT2D eigenvalue weighted by molar-refractivity contribution is -0.0667. The van der Waals surface area contributed by atoms with Crippen LogP contribution >= 0.6 is 11.6 Å². The van der Waals surface area contributed by atoms with Gasteiger partial charge >= 0.3 is 0 Å². The predicted molar refractivity (Wildman–Crippen MR) is 85.9 cm³/mol. The SMILES string of the molecule is CC1COC(CO)CN1C(=O)c1cnn(-c2ccc(Cl)cc2)c1. The van der Waals surface area contributed by atoms with Crippen molar-refractivity contribution in [3.63, 3.8) is 0 Å². The fraction of sp³-hybridized carbons (Fsp3) is 0.375. The van der Waals surface area contributed by atoms with Gasteiger partial charge in [0.2, 0.25) is 0 Å². The Labute approximate surface area is 139 Å². The highest BCUT2D eigenvalue weighted by Crippen LogP contribution is 2.17. The smallest absolute Gasteiger partial charge is 0.257 e. The lowest BCUT2D eigenvalue weighted by Crippen LogP contribution is -2.51. The minimum absolute atomic E-state index is 0.0378. The molecule has 1 saturated heterocycles. The van der Waals surface area contributed by atoms with Gasteiger partial charge in [0.05, 0.1) is 42.8 Å². The van der Waals surface area contributed by atoms with Gasteiger partial charge in [-0.1, -0.05) is 11.6 Å². The van der Waals surface area contributed by atoms with E-state index in [2.05, 4.69) is 5.10 Å². The van der Waals surface area contributed by atoms with E-state index in [1.165, 1.54) is 0 Å². The van der Waals surface area contributed by atoms with Crippen LogP contribution < -0.4 is 0 Å². The Hall–Kier alpha value is -1.89. The Kier molecular flexibility index (Phi) is 4.66. The first-order chi connectivity index (χ1) is 11.1. The normalized spacial score (nSPS) is 21.4. The molecule has 7 heteroatoms. The second-order valence-corrected chi connectivity index (χ2v) is 6.03. The largest absolute Gasteiger partial charge is 0.394 e. The molecule has 2 unspecified atom stereocenters. The number of ether oxygens (including phenoxy) is 1. The molecule has 1 aromatic carbocycles. The van der Waals surface area contributed by atoms with Crippen molar-refractivity contribution in [2.75, 3.05) is 19.8 Å². The van der Waals surface area contributed by atoms with Gasteiger partial charge in [0.1, 0.15) is 0 Å². The molecule has 1 aliphatic heterocycles. The average Bonchev–Trinajstić information content (AvgIpc) is 3.05. The Balaban J connectivity index is 1.79. The molecular weight excluding hydrogens is 318 g/mol. The van der Waals surface area contributed by atoms with Crippen LogP contribution in [0.1, 0.15) is 17.3 Å². The standard InChI is InChI=1S/C16H18ClN3O3/c1-11-10-23-15(9-21)8-19(11)16(22)12-6-18-20(7-12)14-4-2-13(17)3-5-14/h2-7,11,15,21H,8-10H2,1H3. The van der Waals surface area contributed by atoms with Crippen LogP contribution in [0.15, 0.2) is 36.7 Å². The zero-order valence-corrected chi connectivity index (χ0v) is 13.5. The molecule has 0 radical (unpaired) electrons. The number of aliphatic hydroxyl groups excluding tert-OH is 1. The Morgan fingerprint density at radius 2 is 2.17 bits per heavy atom. The van der Waals surface area contributed by atoms with E-state index in [1.807, 2.05) is 19.1 Å². The zero-order valence-electron chi connectivity index (χ0n) is 12.7. The lowest BCUT2D eigenvalue weighted by Gasteiger charge is -2.37. The van der Waals surface area contributed by atoms with E-state index >= 15 is 0 Å². The first kappa shape index (κ1) is 16.0. The summed E-state index contributed by atoms with van der Waals surface area (Å²) in [4.78, 5) is 14.4. The molecular formula is C16H18ClN3O3. The molecule has 0 spiro atoms.